The van der Waals surface area contributed by atoms with Gasteiger partial charge < -0.3 is 14.8 Å². The van der Waals surface area contributed by atoms with Gasteiger partial charge in [0.15, 0.2) is 0 Å². The molecule has 2 aromatic rings. The van der Waals surface area contributed by atoms with Crippen LogP contribution in [0.25, 0.3) is 0 Å². The van der Waals surface area contributed by atoms with Gasteiger partial charge in [0.05, 0.1) is 20.3 Å². The lowest BCUT2D eigenvalue weighted by atomic mass is 9.97. The Morgan fingerprint density at radius 2 is 1.76 bits per heavy atom. The molecule has 0 spiro atoms. The Labute approximate surface area is 134 Å². The summed E-state index contributed by atoms with van der Waals surface area (Å²) in [5.74, 6) is 1.62. The van der Waals surface area contributed by atoms with Gasteiger partial charge in [-0.05, 0) is 36.4 Å². The summed E-state index contributed by atoms with van der Waals surface area (Å²) in [5.41, 5.74) is 2.30. The Kier molecular flexibility index (Phi) is 5.65. The highest BCUT2D eigenvalue weighted by Crippen LogP contribution is 2.33. The van der Waals surface area contributed by atoms with E-state index in [2.05, 4.69) is 52.4 Å². The minimum Gasteiger partial charge on any atom is -0.497 e. The zero-order chi connectivity index (χ0) is 15.2. The second-order valence-corrected chi connectivity index (χ2v) is 5.57. The van der Waals surface area contributed by atoms with Crippen molar-refractivity contribution >= 4 is 15.9 Å². The lowest BCUT2D eigenvalue weighted by molar-refractivity contribution is 0.387. The summed E-state index contributed by atoms with van der Waals surface area (Å²) in [5, 5.41) is 3.51. The molecule has 0 fully saturated rings. The summed E-state index contributed by atoms with van der Waals surface area (Å²) < 4.78 is 11.9. The molecule has 112 valence electrons. The average Bonchev–Trinajstić information content (AvgIpc) is 2.53. The molecule has 0 aromatic heterocycles. The zero-order valence-electron chi connectivity index (χ0n) is 12.5. The molecule has 21 heavy (non-hydrogen) atoms. The Hall–Kier alpha value is -1.52. The van der Waals surface area contributed by atoms with Crippen LogP contribution in [-0.2, 0) is 0 Å². The third-order valence-corrected chi connectivity index (χ3v) is 3.89. The molecule has 0 aliphatic carbocycles. The van der Waals surface area contributed by atoms with Gasteiger partial charge in [-0.25, -0.2) is 0 Å². The van der Waals surface area contributed by atoms with E-state index < -0.39 is 0 Å². The van der Waals surface area contributed by atoms with Crippen LogP contribution in [0.15, 0.2) is 46.9 Å². The highest BCUT2D eigenvalue weighted by atomic mass is 79.9. The normalized spacial score (nSPS) is 12.0. The number of methoxy groups -OCH3 is 2. The Morgan fingerprint density at radius 3 is 2.33 bits per heavy atom. The third kappa shape index (κ3) is 3.77. The molecule has 1 atom stereocenters. The van der Waals surface area contributed by atoms with E-state index in [4.69, 9.17) is 9.47 Å². The first-order chi connectivity index (χ1) is 10.2. The first-order valence-corrected chi connectivity index (χ1v) is 7.69. The van der Waals surface area contributed by atoms with E-state index in [1.54, 1.807) is 14.2 Å². The summed E-state index contributed by atoms with van der Waals surface area (Å²) in [4.78, 5) is 0. The summed E-state index contributed by atoms with van der Waals surface area (Å²) in [6, 6.07) is 14.3. The van der Waals surface area contributed by atoms with Crippen molar-refractivity contribution in [2.24, 2.45) is 0 Å². The molecule has 0 heterocycles. The maximum atomic E-state index is 5.53. The van der Waals surface area contributed by atoms with E-state index in [1.807, 2.05) is 18.2 Å². The van der Waals surface area contributed by atoms with E-state index >= 15 is 0 Å². The molecule has 0 radical (unpaired) electrons. The third-order valence-electron chi connectivity index (χ3n) is 3.36. The smallest absolute Gasteiger partial charge is 0.127 e. The van der Waals surface area contributed by atoms with Gasteiger partial charge in [-0.2, -0.15) is 0 Å². The molecule has 4 heteroatoms. The van der Waals surface area contributed by atoms with Crippen LogP contribution < -0.4 is 14.8 Å². The van der Waals surface area contributed by atoms with Crippen molar-refractivity contribution in [2.75, 3.05) is 20.8 Å². The summed E-state index contributed by atoms with van der Waals surface area (Å²) >= 11 is 3.48. The fourth-order valence-electron chi connectivity index (χ4n) is 2.32. The number of nitrogens with one attached hydrogen (secondary N) is 1. The maximum Gasteiger partial charge on any atom is 0.127 e. The quantitative estimate of drug-likeness (QED) is 0.848. The number of ether oxygens (including phenoxy) is 2. The van der Waals surface area contributed by atoms with Gasteiger partial charge in [-0.3, -0.25) is 0 Å². The predicted octanol–water partition coefficient (Wildman–Crippen LogP) is 4.17. The van der Waals surface area contributed by atoms with E-state index in [0.717, 1.165) is 28.1 Å². The number of hydrogen-bond acceptors (Lipinski definition) is 3. The second kappa shape index (κ2) is 7.48. The largest absolute Gasteiger partial charge is 0.497 e. The molecule has 0 amide bonds. The predicted molar refractivity (Wildman–Crippen MR) is 89.2 cm³/mol. The molecule has 0 saturated carbocycles. The van der Waals surface area contributed by atoms with Crippen molar-refractivity contribution in [3.05, 3.63) is 58.1 Å². The van der Waals surface area contributed by atoms with Gasteiger partial charge >= 0.3 is 0 Å². The molecule has 1 unspecified atom stereocenters. The molecule has 2 aromatic carbocycles. The number of benzene rings is 2. The van der Waals surface area contributed by atoms with Crippen molar-refractivity contribution in [1.82, 2.24) is 5.32 Å². The van der Waals surface area contributed by atoms with E-state index in [1.165, 1.54) is 5.56 Å². The Morgan fingerprint density at radius 1 is 1.05 bits per heavy atom. The van der Waals surface area contributed by atoms with Gasteiger partial charge in [0, 0.05) is 16.1 Å². The molecule has 1 N–H and O–H groups in total. The molecule has 0 aliphatic heterocycles. The molecule has 0 saturated heterocycles. The van der Waals surface area contributed by atoms with Crippen LogP contribution in [0.5, 0.6) is 11.5 Å². The molecule has 0 bridgehead atoms. The number of halogens is 1. The van der Waals surface area contributed by atoms with Crippen LogP contribution in [0.3, 0.4) is 0 Å². The van der Waals surface area contributed by atoms with Crippen molar-refractivity contribution < 1.29 is 9.47 Å². The van der Waals surface area contributed by atoms with Crippen LogP contribution in [0.2, 0.25) is 0 Å². The van der Waals surface area contributed by atoms with Crippen molar-refractivity contribution in [3.8, 4) is 11.5 Å². The van der Waals surface area contributed by atoms with Gasteiger partial charge in [0.2, 0.25) is 0 Å². The van der Waals surface area contributed by atoms with E-state index in [-0.39, 0.29) is 6.04 Å². The zero-order valence-corrected chi connectivity index (χ0v) is 14.1. The molecule has 0 aliphatic rings. The first kappa shape index (κ1) is 15.9. The minimum absolute atomic E-state index is 0.0870. The molecule has 3 nitrogen and oxygen atoms in total. The fourth-order valence-corrected chi connectivity index (χ4v) is 2.59. The molecule has 2 rings (SSSR count). The number of rotatable bonds is 6. The van der Waals surface area contributed by atoms with Gasteiger partial charge in [0.1, 0.15) is 11.5 Å². The second-order valence-electron chi connectivity index (χ2n) is 4.65. The first-order valence-electron chi connectivity index (χ1n) is 6.90. The summed E-state index contributed by atoms with van der Waals surface area (Å²) in [6.45, 7) is 2.97. The Bertz CT molecular complexity index is 584. The Balaban J connectivity index is 2.44. The van der Waals surface area contributed by atoms with Crippen LogP contribution in [0.4, 0.5) is 0 Å². The standard InChI is InChI=1S/C17H20BrNO2/c1-4-19-17(12-5-7-13(18)8-6-12)15-10-9-14(20-2)11-16(15)21-3/h5-11,17,19H,4H2,1-3H3. The average molecular weight is 350 g/mol. The topological polar surface area (TPSA) is 30.5 Å². The van der Waals surface area contributed by atoms with Crippen LogP contribution in [0, 0.1) is 0 Å². The number of hydrogen-bond donors (Lipinski definition) is 1. The lowest BCUT2D eigenvalue weighted by Gasteiger charge is -2.22. The van der Waals surface area contributed by atoms with Crippen molar-refractivity contribution in [1.29, 1.82) is 0 Å². The van der Waals surface area contributed by atoms with E-state index in [9.17, 15) is 0 Å². The minimum atomic E-state index is 0.0870. The summed E-state index contributed by atoms with van der Waals surface area (Å²) in [7, 11) is 3.34. The van der Waals surface area contributed by atoms with Gasteiger partial charge in [-0.15, -0.1) is 0 Å². The highest BCUT2D eigenvalue weighted by molar-refractivity contribution is 9.10. The van der Waals surface area contributed by atoms with Crippen molar-refractivity contribution in [2.45, 2.75) is 13.0 Å². The van der Waals surface area contributed by atoms with Crippen molar-refractivity contribution in [3.63, 3.8) is 0 Å². The van der Waals surface area contributed by atoms with E-state index in [0.29, 0.717) is 0 Å². The fraction of sp³-hybridized carbons (Fsp3) is 0.294. The SMILES string of the molecule is CCNC(c1ccc(Br)cc1)c1ccc(OC)cc1OC. The molecular weight excluding hydrogens is 330 g/mol. The monoisotopic (exact) mass is 349 g/mol. The lowest BCUT2D eigenvalue weighted by Crippen LogP contribution is -2.22. The molecular formula is C17H20BrNO2. The van der Waals surface area contributed by atoms with Gasteiger partial charge in [0.25, 0.3) is 0 Å². The highest BCUT2D eigenvalue weighted by Gasteiger charge is 2.18. The van der Waals surface area contributed by atoms with Crippen LogP contribution in [-0.4, -0.2) is 20.8 Å². The summed E-state index contributed by atoms with van der Waals surface area (Å²) in [6.07, 6.45) is 0. The van der Waals surface area contributed by atoms with Crippen LogP contribution >= 0.6 is 15.9 Å². The van der Waals surface area contributed by atoms with Gasteiger partial charge in [-0.1, -0.05) is 35.0 Å². The maximum absolute atomic E-state index is 5.53. The van der Waals surface area contributed by atoms with Crippen LogP contribution in [0.1, 0.15) is 24.1 Å².